The molecule has 2 aromatic carbocycles. The van der Waals surface area contributed by atoms with E-state index >= 15 is 0 Å². The summed E-state index contributed by atoms with van der Waals surface area (Å²) in [6.07, 6.45) is 2.11. The molecule has 0 aromatic heterocycles. The van der Waals surface area contributed by atoms with Crippen LogP contribution >= 0.6 is 34.8 Å². The van der Waals surface area contributed by atoms with Crippen molar-refractivity contribution >= 4 is 62.3 Å². The van der Waals surface area contributed by atoms with E-state index in [2.05, 4.69) is 5.32 Å². The summed E-state index contributed by atoms with van der Waals surface area (Å²) >= 11 is 18.8. The van der Waals surface area contributed by atoms with E-state index in [1.165, 1.54) is 9.21 Å². The second-order valence-electron chi connectivity index (χ2n) is 8.56. The number of halogens is 3. The van der Waals surface area contributed by atoms with Crippen molar-refractivity contribution < 1.29 is 18.0 Å². The summed E-state index contributed by atoms with van der Waals surface area (Å²) in [6, 6.07) is 9.29. The Hall–Kier alpha value is -2.00. The van der Waals surface area contributed by atoms with Gasteiger partial charge in [-0.25, -0.2) is 8.42 Å². The molecule has 0 aliphatic heterocycles. The fourth-order valence-electron chi connectivity index (χ4n) is 3.67. The number of rotatable bonds is 12. The Morgan fingerprint density at radius 1 is 1.08 bits per heavy atom. The van der Waals surface area contributed by atoms with Gasteiger partial charge in [-0.15, -0.1) is 0 Å². The first-order chi connectivity index (χ1) is 16.9. The number of amides is 2. The SMILES string of the molecule is CCCNC(=O)C(C)N(Cc1c(Cl)cccc1Cl)C(=O)CCCN(c1cc(Cl)ccc1C)S(C)(=O)=O. The number of anilines is 1. The predicted octanol–water partition coefficient (Wildman–Crippen LogP) is 5.44. The maximum absolute atomic E-state index is 13.3. The Kier molecular flexibility index (Phi) is 11.3. The lowest BCUT2D eigenvalue weighted by atomic mass is 10.1. The third kappa shape index (κ3) is 8.26. The number of hydrogen-bond donors (Lipinski definition) is 1. The fourth-order valence-corrected chi connectivity index (χ4v) is 5.36. The van der Waals surface area contributed by atoms with Crippen molar-refractivity contribution in [2.75, 3.05) is 23.7 Å². The molecule has 0 bridgehead atoms. The van der Waals surface area contributed by atoms with Gasteiger partial charge in [0.1, 0.15) is 6.04 Å². The minimum absolute atomic E-state index is 0.0130. The first-order valence-corrected chi connectivity index (χ1v) is 14.6. The molecule has 2 rings (SSSR count). The summed E-state index contributed by atoms with van der Waals surface area (Å²) in [5.41, 5.74) is 1.74. The van der Waals surface area contributed by atoms with E-state index in [0.29, 0.717) is 32.9 Å². The van der Waals surface area contributed by atoms with Gasteiger partial charge >= 0.3 is 0 Å². The summed E-state index contributed by atoms with van der Waals surface area (Å²) in [7, 11) is -3.62. The third-order valence-corrected chi connectivity index (χ3v) is 7.82. The van der Waals surface area contributed by atoms with Crippen molar-refractivity contribution in [1.82, 2.24) is 10.2 Å². The Morgan fingerprint density at radius 3 is 2.31 bits per heavy atom. The summed E-state index contributed by atoms with van der Waals surface area (Å²) in [5.74, 6) is -0.609. The van der Waals surface area contributed by atoms with E-state index in [9.17, 15) is 18.0 Å². The van der Waals surface area contributed by atoms with Gasteiger partial charge in [-0.2, -0.15) is 0 Å². The monoisotopic (exact) mass is 575 g/mol. The molecule has 0 radical (unpaired) electrons. The smallest absolute Gasteiger partial charge is 0.242 e. The number of nitrogens with zero attached hydrogens (tertiary/aromatic N) is 2. The van der Waals surface area contributed by atoms with Crippen LogP contribution in [0.2, 0.25) is 15.1 Å². The second kappa shape index (κ2) is 13.5. The maximum atomic E-state index is 13.3. The predicted molar refractivity (Wildman–Crippen MR) is 147 cm³/mol. The second-order valence-corrected chi connectivity index (χ2v) is 11.7. The topological polar surface area (TPSA) is 86.8 Å². The summed E-state index contributed by atoms with van der Waals surface area (Å²) in [5, 5.41) is 4.00. The fraction of sp³-hybridized carbons (Fsp3) is 0.440. The zero-order valence-corrected chi connectivity index (χ0v) is 23.9. The lowest BCUT2D eigenvalue weighted by Crippen LogP contribution is -2.48. The van der Waals surface area contributed by atoms with Crippen molar-refractivity contribution in [3.8, 4) is 0 Å². The molecule has 0 saturated carbocycles. The summed E-state index contributed by atoms with van der Waals surface area (Å²) in [6.45, 7) is 5.98. The molecule has 0 heterocycles. The molecule has 0 aliphatic carbocycles. The highest BCUT2D eigenvalue weighted by molar-refractivity contribution is 7.92. The average Bonchev–Trinajstić information content (AvgIpc) is 2.80. The molecule has 0 spiro atoms. The van der Waals surface area contributed by atoms with Crippen molar-refractivity contribution in [3.05, 3.63) is 62.6 Å². The molecule has 1 N–H and O–H groups in total. The van der Waals surface area contributed by atoms with Crippen LogP contribution in [0.4, 0.5) is 5.69 Å². The molecule has 1 atom stereocenters. The highest BCUT2D eigenvalue weighted by atomic mass is 35.5. The number of hydrogen-bond acceptors (Lipinski definition) is 4. The van der Waals surface area contributed by atoms with Crippen LogP contribution in [-0.4, -0.2) is 50.5 Å². The van der Waals surface area contributed by atoms with E-state index in [1.54, 1.807) is 50.2 Å². The van der Waals surface area contributed by atoms with E-state index in [4.69, 9.17) is 34.8 Å². The highest BCUT2D eigenvalue weighted by Crippen LogP contribution is 2.28. The number of aryl methyl sites for hydroxylation is 1. The average molecular weight is 577 g/mol. The van der Waals surface area contributed by atoms with E-state index < -0.39 is 16.1 Å². The summed E-state index contributed by atoms with van der Waals surface area (Å²) < 4.78 is 26.3. The lowest BCUT2D eigenvalue weighted by Gasteiger charge is -2.30. The van der Waals surface area contributed by atoms with Crippen molar-refractivity contribution in [2.45, 2.75) is 52.6 Å². The largest absolute Gasteiger partial charge is 0.354 e. The highest BCUT2D eigenvalue weighted by Gasteiger charge is 2.28. The van der Waals surface area contributed by atoms with Gasteiger partial charge in [-0.1, -0.05) is 53.9 Å². The van der Waals surface area contributed by atoms with Crippen LogP contribution in [0, 0.1) is 6.92 Å². The van der Waals surface area contributed by atoms with Gasteiger partial charge in [-0.3, -0.25) is 13.9 Å². The van der Waals surface area contributed by atoms with Gasteiger partial charge < -0.3 is 10.2 Å². The molecule has 36 heavy (non-hydrogen) atoms. The molecule has 11 heteroatoms. The van der Waals surface area contributed by atoms with E-state index in [0.717, 1.165) is 18.2 Å². The van der Waals surface area contributed by atoms with Gasteiger partial charge in [0.25, 0.3) is 0 Å². The first-order valence-electron chi connectivity index (χ1n) is 11.6. The van der Waals surface area contributed by atoms with Gasteiger partial charge in [0.2, 0.25) is 21.8 Å². The van der Waals surface area contributed by atoms with Crippen LogP contribution in [0.15, 0.2) is 36.4 Å². The van der Waals surface area contributed by atoms with Crippen LogP contribution in [-0.2, 0) is 26.2 Å². The molecule has 0 saturated heterocycles. The van der Waals surface area contributed by atoms with Gasteiger partial charge in [-0.05, 0) is 56.5 Å². The standard InChI is InChI=1S/C25H32Cl3N3O4S/c1-5-13-29-25(33)18(3)30(16-20-21(27)8-6-9-22(20)28)24(32)10-7-14-31(36(4,34)35)23-15-19(26)12-11-17(23)2/h6,8-9,11-12,15,18H,5,7,10,13-14,16H2,1-4H3,(H,29,33). The van der Waals surface area contributed by atoms with Gasteiger partial charge in [0, 0.05) is 46.7 Å². The number of sulfonamides is 1. The van der Waals surface area contributed by atoms with Crippen LogP contribution < -0.4 is 9.62 Å². The quantitative estimate of drug-likeness (QED) is 0.364. The third-order valence-electron chi connectivity index (χ3n) is 5.70. The minimum Gasteiger partial charge on any atom is -0.354 e. The molecule has 1 unspecified atom stereocenters. The Balaban J connectivity index is 2.24. The van der Waals surface area contributed by atoms with E-state index in [-0.39, 0.29) is 37.7 Å². The minimum atomic E-state index is -3.62. The van der Waals surface area contributed by atoms with Crippen molar-refractivity contribution in [3.63, 3.8) is 0 Å². The molecule has 2 amide bonds. The molecule has 0 fully saturated rings. The zero-order valence-electron chi connectivity index (χ0n) is 20.9. The van der Waals surface area contributed by atoms with Gasteiger partial charge in [0.15, 0.2) is 0 Å². The Labute approximate surface area is 228 Å². The van der Waals surface area contributed by atoms with Crippen molar-refractivity contribution in [1.29, 1.82) is 0 Å². The van der Waals surface area contributed by atoms with Crippen LogP contribution in [0.3, 0.4) is 0 Å². The molecular formula is C25H32Cl3N3O4S. The molecule has 0 aliphatic rings. The van der Waals surface area contributed by atoms with Crippen molar-refractivity contribution in [2.24, 2.45) is 0 Å². The number of benzene rings is 2. The van der Waals surface area contributed by atoms with Gasteiger partial charge in [0.05, 0.1) is 11.9 Å². The molecule has 2 aromatic rings. The molecular weight excluding hydrogens is 545 g/mol. The Bertz CT molecular complexity index is 1170. The molecule has 7 nitrogen and oxygen atoms in total. The normalized spacial score (nSPS) is 12.2. The number of carbonyl (C=O) groups excluding carboxylic acids is 2. The van der Waals surface area contributed by atoms with Crippen LogP contribution in [0.5, 0.6) is 0 Å². The zero-order chi connectivity index (χ0) is 27.0. The number of nitrogens with one attached hydrogen (secondary N) is 1. The maximum Gasteiger partial charge on any atom is 0.242 e. The Morgan fingerprint density at radius 2 is 1.72 bits per heavy atom. The first kappa shape index (κ1) is 30.2. The van der Waals surface area contributed by atoms with Crippen LogP contribution in [0.25, 0.3) is 0 Å². The van der Waals surface area contributed by atoms with Crippen LogP contribution in [0.1, 0.15) is 44.2 Å². The molecule has 198 valence electrons. The number of carbonyl (C=O) groups is 2. The summed E-state index contributed by atoms with van der Waals surface area (Å²) in [4.78, 5) is 27.5. The van der Waals surface area contributed by atoms with E-state index in [1.807, 2.05) is 6.92 Å². The lowest BCUT2D eigenvalue weighted by molar-refractivity contribution is -0.140.